The molecule has 154 valence electrons. The highest BCUT2D eigenvalue weighted by Gasteiger charge is 2.58. The highest BCUT2D eigenvalue weighted by Crippen LogP contribution is 2.52. The molecule has 4 atom stereocenters. The number of carbonyl (C=O) groups is 2. The summed E-state index contributed by atoms with van der Waals surface area (Å²) >= 11 is 0. The lowest BCUT2D eigenvalue weighted by Gasteiger charge is -2.18. The molecule has 1 heterocycles. The summed E-state index contributed by atoms with van der Waals surface area (Å²) in [5.41, 5.74) is 0.672. The smallest absolute Gasteiger partial charge is 0.233 e. The van der Waals surface area contributed by atoms with Gasteiger partial charge in [-0.1, -0.05) is 18.2 Å². The summed E-state index contributed by atoms with van der Waals surface area (Å²) in [6.07, 6.45) is 5.75. The Labute approximate surface area is 168 Å². The molecule has 0 spiro atoms. The van der Waals surface area contributed by atoms with Crippen molar-refractivity contribution in [3.8, 4) is 5.75 Å². The van der Waals surface area contributed by atoms with Crippen LogP contribution in [0.5, 0.6) is 5.75 Å². The summed E-state index contributed by atoms with van der Waals surface area (Å²) in [6.45, 7) is 1.29. The van der Waals surface area contributed by atoms with Gasteiger partial charge in [-0.05, 0) is 42.4 Å². The maximum absolute atomic E-state index is 13.4. The predicted molar refractivity (Wildman–Crippen MR) is 105 cm³/mol. The second kappa shape index (κ2) is 7.85. The van der Waals surface area contributed by atoms with Crippen LogP contribution >= 0.6 is 0 Å². The second-order valence-electron chi connectivity index (χ2n) is 7.82. The molecule has 3 aliphatic rings. The van der Waals surface area contributed by atoms with Gasteiger partial charge in [0.15, 0.2) is 17.5 Å². The number of hydrogen-bond donors (Lipinski definition) is 3. The molecule has 29 heavy (non-hydrogen) atoms. The number of allylic oxidation sites excluding steroid dienone is 2. The van der Waals surface area contributed by atoms with Crippen LogP contribution in [-0.4, -0.2) is 47.9 Å². The van der Waals surface area contributed by atoms with Crippen LogP contribution in [0, 0.1) is 29.5 Å². The number of fused-ring (bicyclic) bond motifs is 5. The summed E-state index contributed by atoms with van der Waals surface area (Å²) in [5, 5.41) is 15.4. The Hall–Kier alpha value is -2.90. The van der Waals surface area contributed by atoms with Gasteiger partial charge < -0.3 is 15.7 Å². The summed E-state index contributed by atoms with van der Waals surface area (Å²) in [4.78, 5) is 30.8. The van der Waals surface area contributed by atoms with Crippen molar-refractivity contribution < 1.29 is 19.1 Å². The zero-order chi connectivity index (χ0) is 20.5. The molecule has 2 amide bonds. The van der Waals surface area contributed by atoms with Crippen LogP contribution in [0.15, 0.2) is 35.3 Å². The third kappa shape index (κ3) is 3.59. The number of aliphatic imine (C=N–C) groups is 1. The Morgan fingerprint density at radius 2 is 1.90 bits per heavy atom. The maximum Gasteiger partial charge on any atom is 0.233 e. The van der Waals surface area contributed by atoms with Gasteiger partial charge in [0.25, 0.3) is 0 Å². The van der Waals surface area contributed by atoms with E-state index >= 15 is 0 Å². The van der Waals surface area contributed by atoms with Gasteiger partial charge in [-0.25, -0.2) is 4.39 Å². The van der Waals surface area contributed by atoms with Crippen LogP contribution in [0.1, 0.15) is 18.4 Å². The minimum Gasteiger partial charge on any atom is -0.505 e. The zero-order valence-corrected chi connectivity index (χ0v) is 16.3. The Balaban J connectivity index is 1.22. The number of rotatable bonds is 6. The van der Waals surface area contributed by atoms with Crippen LogP contribution < -0.4 is 10.6 Å². The first-order chi connectivity index (χ1) is 14.0. The minimum absolute atomic E-state index is 0.0197. The van der Waals surface area contributed by atoms with Gasteiger partial charge in [0.2, 0.25) is 11.8 Å². The predicted octanol–water partition coefficient (Wildman–Crippen LogP) is 1.39. The molecule has 2 aliphatic carbocycles. The average molecular weight is 400 g/mol. The first-order valence-corrected chi connectivity index (χ1v) is 9.95. The lowest BCUT2D eigenvalue weighted by atomic mass is 9.85. The topological polar surface area (TPSA) is 94.0 Å². The number of carbonyl (C=O) groups excluding carboxylic acids is 2. The number of amides is 2. The molecular weight excluding hydrogens is 375 g/mol. The number of phenolic OH excluding ortho intramolecular Hbond substituents is 1. The van der Waals surface area contributed by atoms with E-state index in [-0.39, 0.29) is 41.2 Å². The van der Waals surface area contributed by atoms with Gasteiger partial charge in [0, 0.05) is 26.7 Å². The van der Waals surface area contributed by atoms with Crippen molar-refractivity contribution >= 4 is 17.8 Å². The number of benzene rings is 1. The number of halogens is 1. The summed E-state index contributed by atoms with van der Waals surface area (Å²) in [6, 6.07) is 4.20. The van der Waals surface area contributed by atoms with Crippen molar-refractivity contribution in [2.24, 2.45) is 28.7 Å². The summed E-state index contributed by atoms with van der Waals surface area (Å²) in [7, 11) is 1.63. The first kappa shape index (κ1) is 19.4. The fourth-order valence-corrected chi connectivity index (χ4v) is 4.70. The van der Waals surface area contributed by atoms with E-state index in [1.165, 1.54) is 17.0 Å². The van der Waals surface area contributed by atoms with Crippen molar-refractivity contribution in [1.82, 2.24) is 15.5 Å². The molecule has 8 heteroatoms. The van der Waals surface area contributed by atoms with Crippen molar-refractivity contribution in [1.29, 1.82) is 0 Å². The molecule has 1 aliphatic heterocycles. The Morgan fingerprint density at radius 1 is 1.21 bits per heavy atom. The van der Waals surface area contributed by atoms with Crippen LogP contribution in [0.25, 0.3) is 0 Å². The lowest BCUT2D eigenvalue weighted by Crippen LogP contribution is -2.39. The van der Waals surface area contributed by atoms with Crippen molar-refractivity contribution in [3.05, 3.63) is 41.7 Å². The average Bonchev–Trinajstić information content (AvgIpc) is 3.39. The lowest BCUT2D eigenvalue weighted by molar-refractivity contribution is -0.140. The molecule has 1 aromatic carbocycles. The van der Waals surface area contributed by atoms with Gasteiger partial charge >= 0.3 is 0 Å². The second-order valence-corrected chi connectivity index (χ2v) is 7.82. The fraction of sp³-hybridized carbons (Fsp3) is 0.476. The molecule has 1 aromatic rings. The normalized spacial score (nSPS) is 27.7. The number of likely N-dealkylation sites (tertiary alicyclic amines) is 1. The molecule has 0 radical (unpaired) electrons. The third-order valence-electron chi connectivity index (χ3n) is 6.11. The van der Waals surface area contributed by atoms with Gasteiger partial charge in [-0.15, -0.1) is 0 Å². The van der Waals surface area contributed by atoms with E-state index in [1.807, 2.05) is 0 Å². The number of nitrogens with one attached hydrogen (secondary N) is 2. The number of hydrogen-bond acceptors (Lipinski definition) is 4. The third-order valence-corrected chi connectivity index (χ3v) is 6.11. The van der Waals surface area contributed by atoms with Gasteiger partial charge in [0.1, 0.15) is 0 Å². The Kier molecular flexibility index (Phi) is 5.25. The van der Waals surface area contributed by atoms with E-state index in [4.69, 9.17) is 0 Å². The quantitative estimate of drug-likeness (QED) is 0.221. The molecule has 1 saturated carbocycles. The molecule has 0 aromatic heterocycles. The number of nitrogens with zero attached hydrogens (tertiary/aromatic N) is 2. The van der Waals surface area contributed by atoms with Gasteiger partial charge in [0.05, 0.1) is 11.8 Å². The summed E-state index contributed by atoms with van der Waals surface area (Å²) < 4.78 is 13.4. The van der Waals surface area contributed by atoms with Crippen LogP contribution in [0.2, 0.25) is 0 Å². The largest absolute Gasteiger partial charge is 0.505 e. The van der Waals surface area contributed by atoms with E-state index in [0.29, 0.717) is 37.6 Å². The minimum atomic E-state index is -0.666. The molecule has 1 saturated heterocycles. The summed E-state index contributed by atoms with van der Waals surface area (Å²) in [5.74, 6) is -0.374. The molecule has 2 bridgehead atoms. The van der Waals surface area contributed by atoms with Crippen LogP contribution in [0.4, 0.5) is 4.39 Å². The molecule has 3 N–H and O–H groups in total. The number of phenols is 1. The van der Waals surface area contributed by atoms with Crippen LogP contribution in [-0.2, 0) is 16.1 Å². The van der Waals surface area contributed by atoms with Gasteiger partial charge in [-0.3, -0.25) is 19.5 Å². The van der Waals surface area contributed by atoms with Crippen molar-refractivity contribution in [2.75, 3.05) is 20.1 Å². The van der Waals surface area contributed by atoms with E-state index in [1.54, 1.807) is 13.1 Å². The van der Waals surface area contributed by atoms with E-state index in [0.717, 1.165) is 6.42 Å². The van der Waals surface area contributed by atoms with Crippen molar-refractivity contribution in [2.45, 2.75) is 19.4 Å². The molecule has 7 nitrogen and oxygen atoms in total. The standard InChI is InChI=1S/C21H25FN4O3/c1-23-21(25-11-12-3-6-16(27)15(22)9-12)24-7-2-8-26-19(28)17-13-4-5-14(10-13)18(17)20(26)29/h3-6,9,13-14,17-18,27H,2,7-8,10-11H2,1H3,(H2,23,24,25). The number of guanidine groups is 1. The maximum atomic E-state index is 13.4. The zero-order valence-electron chi connectivity index (χ0n) is 16.3. The molecule has 2 fully saturated rings. The first-order valence-electron chi connectivity index (χ1n) is 9.95. The Bertz CT molecular complexity index is 855. The number of imide groups is 1. The molecule has 4 rings (SSSR count). The van der Waals surface area contributed by atoms with Gasteiger partial charge in [-0.2, -0.15) is 0 Å². The number of aromatic hydroxyl groups is 1. The van der Waals surface area contributed by atoms with E-state index in [2.05, 4.69) is 27.8 Å². The molecule has 4 unspecified atom stereocenters. The van der Waals surface area contributed by atoms with E-state index < -0.39 is 5.82 Å². The molecular formula is C21H25FN4O3. The fourth-order valence-electron chi connectivity index (χ4n) is 4.70. The SMILES string of the molecule is CN=C(NCCCN1C(=O)C2C3C=CC(C3)C2C1=O)NCc1ccc(O)c(F)c1. The van der Waals surface area contributed by atoms with Crippen molar-refractivity contribution in [3.63, 3.8) is 0 Å². The highest BCUT2D eigenvalue weighted by atomic mass is 19.1. The van der Waals surface area contributed by atoms with E-state index in [9.17, 15) is 19.1 Å². The monoisotopic (exact) mass is 400 g/mol. The Morgan fingerprint density at radius 3 is 2.52 bits per heavy atom. The highest BCUT2D eigenvalue weighted by molar-refractivity contribution is 6.06. The van der Waals surface area contributed by atoms with Crippen LogP contribution in [0.3, 0.4) is 0 Å².